The van der Waals surface area contributed by atoms with E-state index in [9.17, 15) is 0 Å². The molecule has 0 saturated carbocycles. The molecule has 0 spiro atoms. The minimum absolute atomic E-state index is 0.165. The number of aryl methyl sites for hydroxylation is 2. The number of imidazole rings is 1. The van der Waals surface area contributed by atoms with Gasteiger partial charge in [-0.15, -0.1) is 0 Å². The van der Waals surface area contributed by atoms with E-state index in [1.807, 2.05) is 0 Å². The van der Waals surface area contributed by atoms with E-state index in [-0.39, 0.29) is 11.5 Å². The van der Waals surface area contributed by atoms with Crippen LogP contribution in [0.3, 0.4) is 0 Å². The molecule has 110 valence electrons. The Morgan fingerprint density at radius 2 is 2.00 bits per heavy atom. The van der Waals surface area contributed by atoms with E-state index in [4.69, 9.17) is 10.7 Å². The molecular formula is C17H27N3. The van der Waals surface area contributed by atoms with Crippen LogP contribution in [0, 0.1) is 12.3 Å². The van der Waals surface area contributed by atoms with E-state index in [1.54, 1.807) is 0 Å². The average molecular weight is 273 g/mol. The van der Waals surface area contributed by atoms with Crippen molar-refractivity contribution in [2.45, 2.75) is 60.0 Å². The van der Waals surface area contributed by atoms with Crippen molar-refractivity contribution in [2.75, 3.05) is 0 Å². The number of benzene rings is 1. The zero-order valence-electron chi connectivity index (χ0n) is 13.4. The summed E-state index contributed by atoms with van der Waals surface area (Å²) in [5.74, 6) is 1.12. The molecule has 0 saturated heterocycles. The number of aromatic nitrogens is 2. The molecule has 2 rings (SSSR count). The second-order valence-electron chi connectivity index (χ2n) is 6.99. The standard InChI is InChI=1S/C17H27N3/c1-6-20-15-8-7-12(2)9-14(15)19-16(20)10-13(18)11-17(3,4)5/h7-9,13H,6,10-11,18H2,1-5H3. The summed E-state index contributed by atoms with van der Waals surface area (Å²) in [5.41, 5.74) is 10.1. The van der Waals surface area contributed by atoms with Gasteiger partial charge >= 0.3 is 0 Å². The number of nitrogens with two attached hydrogens (primary N) is 1. The Balaban J connectivity index is 2.29. The van der Waals surface area contributed by atoms with Gasteiger partial charge in [0.05, 0.1) is 11.0 Å². The van der Waals surface area contributed by atoms with E-state index < -0.39 is 0 Å². The molecule has 1 aromatic carbocycles. The van der Waals surface area contributed by atoms with E-state index in [2.05, 4.69) is 57.4 Å². The summed E-state index contributed by atoms with van der Waals surface area (Å²) in [6, 6.07) is 6.63. The molecule has 1 aromatic heterocycles. The molecule has 0 radical (unpaired) electrons. The summed E-state index contributed by atoms with van der Waals surface area (Å²) in [7, 11) is 0. The average Bonchev–Trinajstić information content (AvgIpc) is 2.62. The Labute approximate surface area is 122 Å². The van der Waals surface area contributed by atoms with Crippen molar-refractivity contribution in [3.63, 3.8) is 0 Å². The quantitative estimate of drug-likeness (QED) is 0.923. The molecule has 1 heterocycles. The maximum absolute atomic E-state index is 6.31. The summed E-state index contributed by atoms with van der Waals surface area (Å²) >= 11 is 0. The van der Waals surface area contributed by atoms with Gasteiger partial charge in [-0.1, -0.05) is 26.8 Å². The number of nitrogens with zero attached hydrogens (tertiary/aromatic N) is 2. The highest BCUT2D eigenvalue weighted by atomic mass is 15.1. The molecule has 0 amide bonds. The third-order valence-corrected chi connectivity index (χ3v) is 3.62. The van der Waals surface area contributed by atoms with Crippen LogP contribution in [0.15, 0.2) is 18.2 Å². The van der Waals surface area contributed by atoms with E-state index in [0.29, 0.717) is 0 Å². The first-order chi connectivity index (χ1) is 9.30. The molecule has 20 heavy (non-hydrogen) atoms. The van der Waals surface area contributed by atoms with Gasteiger partial charge in [-0.3, -0.25) is 0 Å². The van der Waals surface area contributed by atoms with Gasteiger partial charge in [0.25, 0.3) is 0 Å². The Morgan fingerprint density at radius 3 is 2.60 bits per heavy atom. The van der Waals surface area contributed by atoms with Crippen molar-refractivity contribution in [1.82, 2.24) is 9.55 Å². The Hall–Kier alpha value is -1.35. The minimum atomic E-state index is 0.165. The molecule has 1 atom stereocenters. The van der Waals surface area contributed by atoms with Crippen molar-refractivity contribution in [3.8, 4) is 0 Å². The van der Waals surface area contributed by atoms with Crippen LogP contribution in [0.4, 0.5) is 0 Å². The van der Waals surface area contributed by atoms with Gasteiger partial charge in [-0.25, -0.2) is 4.98 Å². The first-order valence-corrected chi connectivity index (χ1v) is 7.51. The lowest BCUT2D eigenvalue weighted by Gasteiger charge is -2.23. The minimum Gasteiger partial charge on any atom is -0.328 e. The van der Waals surface area contributed by atoms with Crippen molar-refractivity contribution < 1.29 is 0 Å². The molecule has 0 aliphatic rings. The van der Waals surface area contributed by atoms with Crippen LogP contribution < -0.4 is 5.73 Å². The third kappa shape index (κ3) is 3.40. The Bertz CT molecular complexity index is 590. The maximum atomic E-state index is 6.31. The number of hydrogen-bond acceptors (Lipinski definition) is 2. The summed E-state index contributed by atoms with van der Waals surface area (Å²) in [5, 5.41) is 0. The lowest BCUT2D eigenvalue weighted by Crippen LogP contribution is -2.29. The smallest absolute Gasteiger partial charge is 0.111 e. The molecule has 0 aliphatic carbocycles. The van der Waals surface area contributed by atoms with E-state index in [0.717, 1.165) is 30.7 Å². The monoisotopic (exact) mass is 273 g/mol. The highest BCUT2D eigenvalue weighted by Gasteiger charge is 2.18. The Kier molecular flexibility index (Phi) is 4.19. The van der Waals surface area contributed by atoms with Crippen LogP contribution >= 0.6 is 0 Å². The van der Waals surface area contributed by atoms with Gasteiger partial charge in [-0.2, -0.15) is 0 Å². The van der Waals surface area contributed by atoms with Gasteiger partial charge in [0.1, 0.15) is 5.82 Å². The molecule has 2 N–H and O–H groups in total. The number of fused-ring (bicyclic) bond motifs is 1. The molecule has 3 heteroatoms. The van der Waals surface area contributed by atoms with Gasteiger partial charge < -0.3 is 10.3 Å². The van der Waals surface area contributed by atoms with E-state index >= 15 is 0 Å². The second kappa shape index (κ2) is 5.57. The fourth-order valence-corrected chi connectivity index (χ4v) is 2.89. The predicted molar refractivity (Wildman–Crippen MR) is 85.9 cm³/mol. The summed E-state index contributed by atoms with van der Waals surface area (Å²) in [4.78, 5) is 4.80. The van der Waals surface area contributed by atoms with Crippen molar-refractivity contribution >= 4 is 11.0 Å². The van der Waals surface area contributed by atoms with Crippen LogP contribution in [-0.2, 0) is 13.0 Å². The second-order valence-corrected chi connectivity index (χ2v) is 6.99. The first-order valence-electron chi connectivity index (χ1n) is 7.51. The largest absolute Gasteiger partial charge is 0.328 e. The summed E-state index contributed by atoms with van der Waals surface area (Å²) in [6.45, 7) is 11.9. The zero-order valence-corrected chi connectivity index (χ0v) is 13.4. The molecule has 2 aromatic rings. The molecule has 3 nitrogen and oxygen atoms in total. The third-order valence-electron chi connectivity index (χ3n) is 3.62. The van der Waals surface area contributed by atoms with Crippen LogP contribution in [0.5, 0.6) is 0 Å². The fraction of sp³-hybridized carbons (Fsp3) is 0.588. The van der Waals surface area contributed by atoms with Crippen LogP contribution in [0.25, 0.3) is 11.0 Å². The summed E-state index contributed by atoms with van der Waals surface area (Å²) in [6.07, 6.45) is 1.86. The van der Waals surface area contributed by atoms with Crippen molar-refractivity contribution in [2.24, 2.45) is 11.1 Å². The van der Waals surface area contributed by atoms with Gasteiger partial charge in [0, 0.05) is 19.0 Å². The normalized spacial score (nSPS) is 13.9. The SMILES string of the molecule is CCn1c(CC(N)CC(C)(C)C)nc2cc(C)ccc21. The zero-order chi connectivity index (χ0) is 14.9. The van der Waals surface area contributed by atoms with Gasteiger partial charge in [0.15, 0.2) is 0 Å². The van der Waals surface area contributed by atoms with Crippen LogP contribution in [-0.4, -0.2) is 15.6 Å². The Morgan fingerprint density at radius 1 is 1.30 bits per heavy atom. The maximum Gasteiger partial charge on any atom is 0.111 e. The highest BCUT2D eigenvalue weighted by Crippen LogP contribution is 2.23. The molecule has 1 unspecified atom stereocenters. The van der Waals surface area contributed by atoms with Crippen molar-refractivity contribution in [3.05, 3.63) is 29.6 Å². The number of hydrogen-bond donors (Lipinski definition) is 1. The van der Waals surface area contributed by atoms with Crippen molar-refractivity contribution in [1.29, 1.82) is 0 Å². The molecule has 0 bridgehead atoms. The molecular weight excluding hydrogens is 246 g/mol. The van der Waals surface area contributed by atoms with Gasteiger partial charge in [0.2, 0.25) is 0 Å². The van der Waals surface area contributed by atoms with Gasteiger partial charge in [-0.05, 0) is 43.4 Å². The summed E-state index contributed by atoms with van der Waals surface area (Å²) < 4.78 is 2.29. The fourth-order valence-electron chi connectivity index (χ4n) is 2.89. The lowest BCUT2D eigenvalue weighted by molar-refractivity contribution is 0.335. The van der Waals surface area contributed by atoms with E-state index in [1.165, 1.54) is 11.1 Å². The van der Waals surface area contributed by atoms with Crippen LogP contribution in [0.1, 0.15) is 45.5 Å². The lowest BCUT2D eigenvalue weighted by atomic mass is 9.87. The topological polar surface area (TPSA) is 43.8 Å². The predicted octanol–water partition coefficient (Wildman–Crippen LogP) is 3.67. The highest BCUT2D eigenvalue weighted by molar-refractivity contribution is 5.76. The molecule has 0 fully saturated rings. The number of rotatable bonds is 4. The molecule has 0 aliphatic heterocycles. The first kappa shape index (κ1) is 15.0. The van der Waals surface area contributed by atoms with Crippen LogP contribution in [0.2, 0.25) is 0 Å².